The van der Waals surface area contributed by atoms with Crippen LogP contribution in [0.15, 0.2) is 48.8 Å². The molecule has 1 aromatic heterocycles. The zero-order chi connectivity index (χ0) is 25.5. The molecular formula is C28H35N5O3. The van der Waals surface area contributed by atoms with Crippen molar-refractivity contribution in [2.24, 2.45) is 11.8 Å². The predicted octanol–water partition coefficient (Wildman–Crippen LogP) is 4.67. The van der Waals surface area contributed by atoms with E-state index in [2.05, 4.69) is 40.6 Å². The number of hydrazine groups is 1. The van der Waals surface area contributed by atoms with Gasteiger partial charge in [-0.2, -0.15) is 0 Å². The van der Waals surface area contributed by atoms with Crippen molar-refractivity contribution >= 4 is 28.6 Å². The van der Waals surface area contributed by atoms with Crippen LogP contribution in [0.4, 0.5) is 5.82 Å². The van der Waals surface area contributed by atoms with Gasteiger partial charge in [0.25, 0.3) is 5.91 Å². The molecule has 8 heteroatoms. The van der Waals surface area contributed by atoms with E-state index in [0.717, 1.165) is 53.7 Å². The topological polar surface area (TPSA) is 96.5 Å². The molecule has 8 nitrogen and oxygen atoms in total. The molecule has 0 bridgehead atoms. The number of hydrogen-bond donors (Lipinski definition) is 2. The number of nitrogens with one attached hydrogen (secondary N) is 2. The van der Waals surface area contributed by atoms with Crippen LogP contribution in [0.1, 0.15) is 50.4 Å². The summed E-state index contributed by atoms with van der Waals surface area (Å²) in [4.78, 5) is 33.8. The summed E-state index contributed by atoms with van der Waals surface area (Å²) < 4.78 is 5.15. The Morgan fingerprint density at radius 3 is 2.64 bits per heavy atom. The third-order valence-electron chi connectivity index (χ3n) is 6.43. The summed E-state index contributed by atoms with van der Waals surface area (Å²) in [5, 5.41) is 6.23. The normalized spacial score (nSPS) is 16.2. The highest BCUT2D eigenvalue weighted by Gasteiger charge is 2.27. The van der Waals surface area contributed by atoms with Crippen LogP contribution in [-0.4, -0.2) is 53.1 Å². The summed E-state index contributed by atoms with van der Waals surface area (Å²) in [5.74, 6) is 0.865. The number of aromatic nitrogens is 2. The molecule has 1 unspecified atom stereocenters. The molecule has 2 aromatic carbocycles. The smallest absolute Gasteiger partial charge is 0.310 e. The second-order valence-electron chi connectivity index (χ2n) is 9.62. The molecule has 0 saturated carbocycles. The number of benzene rings is 2. The molecular weight excluding hydrogens is 454 g/mol. The lowest BCUT2D eigenvalue weighted by Gasteiger charge is -2.31. The van der Waals surface area contributed by atoms with Crippen LogP contribution in [0.3, 0.4) is 0 Å². The lowest BCUT2D eigenvalue weighted by Crippen LogP contribution is -2.49. The average molecular weight is 490 g/mol. The first-order valence-electron chi connectivity index (χ1n) is 12.8. The van der Waals surface area contributed by atoms with E-state index in [0.29, 0.717) is 31.2 Å². The molecule has 1 amide bonds. The first-order valence-corrected chi connectivity index (χ1v) is 12.8. The van der Waals surface area contributed by atoms with Crippen molar-refractivity contribution < 1.29 is 14.3 Å². The molecule has 2 heterocycles. The third kappa shape index (κ3) is 6.37. The average Bonchev–Trinajstić information content (AvgIpc) is 2.89. The van der Waals surface area contributed by atoms with Crippen LogP contribution in [-0.2, 0) is 9.53 Å². The van der Waals surface area contributed by atoms with Gasteiger partial charge >= 0.3 is 5.97 Å². The van der Waals surface area contributed by atoms with E-state index in [9.17, 15) is 9.59 Å². The molecule has 0 spiro atoms. The SMILES string of the molecule is CCOC(=O)C1CCCN(NC(=O)c2ccc(-c3ccc4ncnc(NCCC(C)C)c4c3)cc2)C1. The van der Waals surface area contributed by atoms with Crippen molar-refractivity contribution in [2.75, 3.05) is 31.6 Å². The van der Waals surface area contributed by atoms with Gasteiger partial charge in [0.05, 0.1) is 18.0 Å². The van der Waals surface area contributed by atoms with E-state index >= 15 is 0 Å². The first kappa shape index (κ1) is 25.6. The summed E-state index contributed by atoms with van der Waals surface area (Å²) in [6.07, 6.45) is 4.27. The fourth-order valence-electron chi connectivity index (χ4n) is 4.41. The number of anilines is 1. The zero-order valence-corrected chi connectivity index (χ0v) is 21.3. The molecule has 190 valence electrons. The quantitative estimate of drug-likeness (QED) is 0.422. The molecule has 0 aliphatic carbocycles. The Balaban J connectivity index is 1.44. The monoisotopic (exact) mass is 489 g/mol. The summed E-state index contributed by atoms with van der Waals surface area (Å²) in [6, 6.07) is 13.7. The number of esters is 1. The second-order valence-corrected chi connectivity index (χ2v) is 9.62. The van der Waals surface area contributed by atoms with Gasteiger partial charge in [0.2, 0.25) is 0 Å². The highest BCUT2D eigenvalue weighted by molar-refractivity contribution is 5.95. The van der Waals surface area contributed by atoms with Gasteiger partial charge in [-0.05, 0) is 67.5 Å². The second kappa shape index (κ2) is 11.9. The predicted molar refractivity (Wildman–Crippen MR) is 141 cm³/mol. The molecule has 1 aliphatic rings. The van der Waals surface area contributed by atoms with E-state index in [1.54, 1.807) is 13.3 Å². The van der Waals surface area contributed by atoms with Crippen LogP contribution in [0.5, 0.6) is 0 Å². The minimum Gasteiger partial charge on any atom is -0.466 e. The fourth-order valence-corrected chi connectivity index (χ4v) is 4.41. The maximum atomic E-state index is 12.8. The number of fused-ring (bicyclic) bond motifs is 1. The van der Waals surface area contributed by atoms with Gasteiger partial charge in [-0.15, -0.1) is 0 Å². The number of ether oxygens (including phenoxy) is 1. The van der Waals surface area contributed by atoms with Gasteiger partial charge in [0.15, 0.2) is 0 Å². The van der Waals surface area contributed by atoms with Gasteiger partial charge in [-0.3, -0.25) is 15.0 Å². The Hall–Kier alpha value is -3.52. The van der Waals surface area contributed by atoms with Crippen LogP contribution in [0.25, 0.3) is 22.0 Å². The minimum atomic E-state index is -0.206. The molecule has 2 N–H and O–H groups in total. The molecule has 1 aliphatic heterocycles. The summed E-state index contributed by atoms with van der Waals surface area (Å²) in [6.45, 7) is 8.62. The fraction of sp³-hybridized carbons (Fsp3) is 0.429. The Morgan fingerprint density at radius 2 is 1.89 bits per heavy atom. The zero-order valence-electron chi connectivity index (χ0n) is 21.3. The summed E-state index contributed by atoms with van der Waals surface area (Å²) in [5.41, 5.74) is 6.43. The van der Waals surface area contributed by atoms with E-state index < -0.39 is 0 Å². The highest BCUT2D eigenvalue weighted by atomic mass is 16.5. The lowest BCUT2D eigenvalue weighted by molar-refractivity contribution is -0.150. The van der Waals surface area contributed by atoms with Gasteiger partial charge in [-0.1, -0.05) is 32.0 Å². The largest absolute Gasteiger partial charge is 0.466 e. The number of nitrogens with zero attached hydrogens (tertiary/aromatic N) is 3. The summed E-state index contributed by atoms with van der Waals surface area (Å²) in [7, 11) is 0. The number of rotatable bonds is 9. The van der Waals surface area contributed by atoms with Crippen molar-refractivity contribution in [3.63, 3.8) is 0 Å². The minimum absolute atomic E-state index is 0.186. The number of amides is 1. The van der Waals surface area contributed by atoms with Crippen molar-refractivity contribution in [1.82, 2.24) is 20.4 Å². The standard InChI is InChI=1S/C28H35N5O3/c1-4-36-28(35)23-6-5-15-33(17-23)32-27(34)21-9-7-20(8-10-21)22-11-12-25-24(16-22)26(31-18-30-25)29-14-13-19(2)3/h7-12,16,18-19,23H,4-6,13-15,17H2,1-3H3,(H,32,34)(H,29,30,31). The third-order valence-corrected chi connectivity index (χ3v) is 6.43. The molecule has 1 saturated heterocycles. The highest BCUT2D eigenvalue weighted by Crippen LogP contribution is 2.27. The van der Waals surface area contributed by atoms with Crippen molar-refractivity contribution in [2.45, 2.75) is 40.0 Å². The maximum absolute atomic E-state index is 12.8. The van der Waals surface area contributed by atoms with Crippen molar-refractivity contribution in [3.8, 4) is 11.1 Å². The van der Waals surface area contributed by atoms with Gasteiger partial charge < -0.3 is 10.1 Å². The van der Waals surface area contributed by atoms with E-state index in [1.165, 1.54) is 0 Å². The molecule has 3 aromatic rings. The molecule has 1 atom stereocenters. The van der Waals surface area contributed by atoms with Crippen LogP contribution >= 0.6 is 0 Å². The Bertz CT molecular complexity index is 1200. The Labute approximate surface area is 212 Å². The molecule has 4 rings (SSSR count). The number of carbonyl (C=O) groups is 2. The summed E-state index contributed by atoms with van der Waals surface area (Å²) >= 11 is 0. The Kier molecular flexibility index (Phi) is 8.48. The van der Waals surface area contributed by atoms with E-state index in [1.807, 2.05) is 41.4 Å². The van der Waals surface area contributed by atoms with Gasteiger partial charge in [0.1, 0.15) is 12.1 Å². The van der Waals surface area contributed by atoms with Crippen LogP contribution < -0.4 is 10.7 Å². The number of hydrogen-bond acceptors (Lipinski definition) is 7. The van der Waals surface area contributed by atoms with Crippen LogP contribution in [0, 0.1) is 11.8 Å². The lowest BCUT2D eigenvalue weighted by atomic mass is 9.99. The maximum Gasteiger partial charge on any atom is 0.310 e. The van der Waals surface area contributed by atoms with Crippen LogP contribution in [0.2, 0.25) is 0 Å². The first-order chi connectivity index (χ1) is 17.4. The molecule has 1 fully saturated rings. The Morgan fingerprint density at radius 1 is 1.11 bits per heavy atom. The van der Waals surface area contributed by atoms with Crippen molar-refractivity contribution in [3.05, 3.63) is 54.4 Å². The number of piperidine rings is 1. The van der Waals surface area contributed by atoms with Crippen molar-refractivity contribution in [1.29, 1.82) is 0 Å². The van der Waals surface area contributed by atoms with Gasteiger partial charge in [-0.25, -0.2) is 15.0 Å². The van der Waals surface area contributed by atoms with E-state index in [-0.39, 0.29) is 17.8 Å². The number of carbonyl (C=O) groups excluding carboxylic acids is 2. The van der Waals surface area contributed by atoms with E-state index in [4.69, 9.17) is 4.74 Å². The van der Waals surface area contributed by atoms with Gasteiger partial charge in [0, 0.05) is 30.6 Å². The molecule has 0 radical (unpaired) electrons. The molecule has 36 heavy (non-hydrogen) atoms.